The zero-order chi connectivity index (χ0) is 10.3. The number of fused-ring (bicyclic) bond motifs is 1. The van der Waals surface area contributed by atoms with Gasteiger partial charge in [0.15, 0.2) is 11.6 Å². The molecule has 0 amide bonds. The molecule has 0 aromatic heterocycles. The molecule has 0 radical (unpaired) electrons. The Bertz CT molecular complexity index is 249. The highest BCUT2D eigenvalue weighted by Gasteiger charge is 2.53. The van der Waals surface area contributed by atoms with Crippen LogP contribution in [0.2, 0.25) is 0 Å². The lowest BCUT2D eigenvalue weighted by Crippen LogP contribution is -2.25. The molecule has 1 aliphatic carbocycles. The van der Waals surface area contributed by atoms with E-state index in [0.717, 1.165) is 0 Å². The van der Waals surface area contributed by atoms with Gasteiger partial charge in [-0.1, -0.05) is 0 Å². The van der Waals surface area contributed by atoms with Crippen molar-refractivity contribution in [3.63, 3.8) is 0 Å². The fourth-order valence-electron chi connectivity index (χ4n) is 2.31. The maximum Gasteiger partial charge on any atom is 0.164 e. The molecule has 2 fully saturated rings. The van der Waals surface area contributed by atoms with E-state index in [1.165, 1.54) is 0 Å². The van der Waals surface area contributed by atoms with Crippen LogP contribution >= 0.6 is 0 Å². The predicted octanol–water partition coefficient (Wildman–Crippen LogP) is 0.478. The second kappa shape index (κ2) is 3.29. The molecule has 2 aliphatic rings. The molecule has 14 heavy (non-hydrogen) atoms. The van der Waals surface area contributed by atoms with Crippen LogP contribution in [0.15, 0.2) is 0 Å². The standard InChI is InChI=1S/C10H16O4/c1-10(2)13-8-6(3-4-11)5-7(12)9(8)14-10/h6,8-9,11H,3-5H2,1-2H3/t6-,8-,9+/m0/s1. The second-order valence-corrected chi connectivity index (χ2v) is 4.46. The van der Waals surface area contributed by atoms with E-state index < -0.39 is 11.9 Å². The molecule has 4 nitrogen and oxygen atoms in total. The first kappa shape index (κ1) is 10.1. The van der Waals surface area contributed by atoms with Crippen molar-refractivity contribution >= 4 is 5.78 Å². The Morgan fingerprint density at radius 1 is 1.50 bits per heavy atom. The SMILES string of the molecule is CC1(C)O[C@H]2[C@@H](CCO)CC(=O)[C@H]2O1. The van der Waals surface area contributed by atoms with E-state index in [-0.39, 0.29) is 24.4 Å². The number of aliphatic hydroxyl groups is 1. The average Bonchev–Trinajstić information content (AvgIpc) is 2.51. The number of aliphatic hydroxyl groups excluding tert-OH is 1. The molecule has 1 saturated heterocycles. The minimum Gasteiger partial charge on any atom is -0.396 e. The molecule has 3 atom stereocenters. The molecule has 80 valence electrons. The van der Waals surface area contributed by atoms with E-state index in [0.29, 0.717) is 12.8 Å². The number of carbonyl (C=O) groups is 1. The van der Waals surface area contributed by atoms with Crippen LogP contribution in [0.1, 0.15) is 26.7 Å². The minimum absolute atomic E-state index is 0.102. The van der Waals surface area contributed by atoms with Crippen LogP contribution in [0, 0.1) is 5.92 Å². The van der Waals surface area contributed by atoms with Crippen LogP contribution in [0.4, 0.5) is 0 Å². The quantitative estimate of drug-likeness (QED) is 0.704. The summed E-state index contributed by atoms with van der Waals surface area (Å²) in [5, 5.41) is 8.86. The van der Waals surface area contributed by atoms with Crippen molar-refractivity contribution < 1.29 is 19.4 Å². The lowest BCUT2D eigenvalue weighted by Gasteiger charge is -2.20. The van der Waals surface area contributed by atoms with Crippen molar-refractivity contribution in [2.75, 3.05) is 6.61 Å². The number of ketones is 1. The molecule has 0 aromatic rings. The first-order chi connectivity index (χ1) is 6.53. The lowest BCUT2D eigenvalue weighted by molar-refractivity contribution is -0.163. The number of ether oxygens (including phenoxy) is 2. The maximum absolute atomic E-state index is 11.5. The van der Waals surface area contributed by atoms with Gasteiger partial charge in [0.1, 0.15) is 6.10 Å². The number of rotatable bonds is 2. The number of hydrogen-bond acceptors (Lipinski definition) is 4. The molecular weight excluding hydrogens is 184 g/mol. The number of hydrogen-bond donors (Lipinski definition) is 1. The van der Waals surface area contributed by atoms with Gasteiger partial charge in [0.25, 0.3) is 0 Å². The molecule has 0 bridgehead atoms. The average molecular weight is 200 g/mol. The van der Waals surface area contributed by atoms with Gasteiger partial charge in [0, 0.05) is 13.0 Å². The van der Waals surface area contributed by atoms with Gasteiger partial charge in [-0.25, -0.2) is 0 Å². The van der Waals surface area contributed by atoms with Crippen LogP contribution in [0.3, 0.4) is 0 Å². The zero-order valence-corrected chi connectivity index (χ0v) is 8.53. The van der Waals surface area contributed by atoms with E-state index in [1.807, 2.05) is 13.8 Å². The smallest absolute Gasteiger partial charge is 0.164 e. The molecule has 1 aliphatic heterocycles. The monoisotopic (exact) mass is 200 g/mol. The summed E-state index contributed by atoms with van der Waals surface area (Å²) in [7, 11) is 0. The zero-order valence-electron chi connectivity index (χ0n) is 8.53. The minimum atomic E-state index is -0.654. The highest BCUT2D eigenvalue weighted by molar-refractivity contribution is 5.86. The van der Waals surface area contributed by atoms with Crippen LogP contribution in [0.25, 0.3) is 0 Å². The molecule has 0 spiro atoms. The Morgan fingerprint density at radius 3 is 2.86 bits per heavy atom. The summed E-state index contributed by atoms with van der Waals surface area (Å²) in [5.41, 5.74) is 0. The van der Waals surface area contributed by atoms with Crippen molar-refractivity contribution in [1.29, 1.82) is 0 Å². The van der Waals surface area contributed by atoms with Crippen molar-refractivity contribution in [3.8, 4) is 0 Å². The summed E-state index contributed by atoms with van der Waals surface area (Å²) in [4.78, 5) is 11.5. The Labute approximate surface area is 83.2 Å². The van der Waals surface area contributed by atoms with Gasteiger partial charge in [-0.2, -0.15) is 0 Å². The summed E-state index contributed by atoms with van der Waals surface area (Å²) in [6.45, 7) is 3.73. The number of Topliss-reactive ketones (excluding diaryl/α,β-unsaturated/α-hetero) is 1. The van der Waals surface area contributed by atoms with Gasteiger partial charge in [-0.15, -0.1) is 0 Å². The van der Waals surface area contributed by atoms with Gasteiger partial charge >= 0.3 is 0 Å². The van der Waals surface area contributed by atoms with Crippen LogP contribution in [-0.4, -0.2) is 35.5 Å². The summed E-state index contributed by atoms with van der Waals surface area (Å²) in [5.74, 6) is -0.419. The molecule has 4 heteroatoms. The fraction of sp³-hybridized carbons (Fsp3) is 0.900. The van der Waals surface area contributed by atoms with Crippen LogP contribution < -0.4 is 0 Å². The first-order valence-electron chi connectivity index (χ1n) is 5.03. The third-order valence-corrected chi connectivity index (χ3v) is 2.87. The highest BCUT2D eigenvalue weighted by Crippen LogP contribution is 2.40. The van der Waals surface area contributed by atoms with Crippen molar-refractivity contribution in [2.45, 2.75) is 44.7 Å². The van der Waals surface area contributed by atoms with Gasteiger partial charge in [-0.05, 0) is 26.2 Å². The lowest BCUT2D eigenvalue weighted by atomic mass is 10.0. The second-order valence-electron chi connectivity index (χ2n) is 4.46. The van der Waals surface area contributed by atoms with Crippen LogP contribution in [-0.2, 0) is 14.3 Å². The van der Waals surface area contributed by atoms with E-state index >= 15 is 0 Å². The Balaban J connectivity index is 2.11. The summed E-state index contributed by atoms with van der Waals surface area (Å²) in [6.07, 6.45) is 0.546. The predicted molar refractivity (Wildman–Crippen MR) is 48.6 cm³/mol. The van der Waals surface area contributed by atoms with Gasteiger partial charge < -0.3 is 14.6 Å². The van der Waals surface area contributed by atoms with Gasteiger partial charge in [0.2, 0.25) is 0 Å². The van der Waals surface area contributed by atoms with E-state index in [9.17, 15) is 4.79 Å². The van der Waals surface area contributed by atoms with Crippen molar-refractivity contribution in [2.24, 2.45) is 5.92 Å². The molecule has 0 unspecified atom stereocenters. The van der Waals surface area contributed by atoms with E-state index in [2.05, 4.69) is 0 Å². The highest BCUT2D eigenvalue weighted by atomic mass is 16.8. The Hall–Kier alpha value is -0.450. The van der Waals surface area contributed by atoms with Gasteiger partial charge in [0.05, 0.1) is 6.10 Å². The first-order valence-corrected chi connectivity index (χ1v) is 5.03. The fourth-order valence-corrected chi connectivity index (χ4v) is 2.31. The molecule has 0 aromatic carbocycles. The van der Waals surface area contributed by atoms with Crippen LogP contribution in [0.5, 0.6) is 0 Å². The largest absolute Gasteiger partial charge is 0.396 e. The molecule has 1 saturated carbocycles. The number of carbonyl (C=O) groups excluding carboxylic acids is 1. The Morgan fingerprint density at radius 2 is 2.21 bits per heavy atom. The third kappa shape index (κ3) is 1.58. The maximum atomic E-state index is 11.5. The normalized spacial score (nSPS) is 40.2. The summed E-state index contributed by atoms with van der Waals surface area (Å²) >= 11 is 0. The topological polar surface area (TPSA) is 55.8 Å². The van der Waals surface area contributed by atoms with E-state index in [4.69, 9.17) is 14.6 Å². The summed E-state index contributed by atoms with van der Waals surface area (Å²) < 4.78 is 11.2. The molecule has 1 N–H and O–H groups in total. The van der Waals surface area contributed by atoms with Crippen molar-refractivity contribution in [3.05, 3.63) is 0 Å². The molecular formula is C10H16O4. The Kier molecular flexibility index (Phi) is 2.37. The third-order valence-electron chi connectivity index (χ3n) is 2.87. The van der Waals surface area contributed by atoms with Crippen molar-refractivity contribution in [1.82, 2.24) is 0 Å². The summed E-state index contributed by atoms with van der Waals surface area (Å²) in [6, 6.07) is 0. The van der Waals surface area contributed by atoms with Gasteiger partial charge in [-0.3, -0.25) is 4.79 Å². The molecule has 2 rings (SSSR count). The molecule has 1 heterocycles. The van der Waals surface area contributed by atoms with E-state index in [1.54, 1.807) is 0 Å².